The van der Waals surface area contributed by atoms with E-state index in [-0.39, 0.29) is 5.97 Å². The Morgan fingerprint density at radius 1 is 0.333 bits per heavy atom. The number of hydrogen-bond acceptors (Lipinski definition) is 2. The van der Waals surface area contributed by atoms with E-state index in [2.05, 4.69) is 13.8 Å². The van der Waals surface area contributed by atoms with Crippen LogP contribution in [0.15, 0.2) is 0 Å². The average Bonchev–Trinajstić information content (AvgIpc) is 2.94. The van der Waals surface area contributed by atoms with Crippen LogP contribution >= 0.6 is 0 Å². The van der Waals surface area contributed by atoms with Gasteiger partial charge in [-0.3, -0.25) is 4.79 Å². The summed E-state index contributed by atoms with van der Waals surface area (Å²) in [4.78, 5) is 11.7. The Balaban J connectivity index is 3.08. The Morgan fingerprint density at radius 3 is 0.846 bits per heavy atom. The molecule has 0 saturated heterocycles. The summed E-state index contributed by atoms with van der Waals surface area (Å²) in [6.45, 7) is 5.15. The summed E-state index contributed by atoms with van der Waals surface area (Å²) in [5.74, 6) is 0.0151. The Bertz CT molecular complexity index is 447. The van der Waals surface area contributed by atoms with E-state index in [1.165, 1.54) is 193 Å². The van der Waals surface area contributed by atoms with Gasteiger partial charge in [-0.05, 0) is 12.8 Å². The maximum atomic E-state index is 11.7. The van der Waals surface area contributed by atoms with Crippen molar-refractivity contribution in [3.8, 4) is 0 Å². The second-order valence-corrected chi connectivity index (χ2v) is 12.6. The summed E-state index contributed by atoms with van der Waals surface area (Å²) in [7, 11) is 0. The summed E-state index contributed by atoms with van der Waals surface area (Å²) in [5, 5.41) is 0. The molecule has 234 valence electrons. The van der Waals surface area contributed by atoms with E-state index in [0.29, 0.717) is 13.0 Å². The number of rotatable bonds is 34. The Labute approximate surface area is 247 Å². The first-order valence-corrected chi connectivity index (χ1v) is 18.5. The van der Waals surface area contributed by atoms with Gasteiger partial charge in [-0.15, -0.1) is 0 Å². The zero-order chi connectivity index (χ0) is 28.3. The molecule has 0 amide bonds. The van der Waals surface area contributed by atoms with Crippen LogP contribution in [0.2, 0.25) is 0 Å². The number of hydrogen-bond donors (Lipinski definition) is 0. The third-order valence-electron chi connectivity index (χ3n) is 8.50. The van der Waals surface area contributed by atoms with Crippen LogP contribution in [0.3, 0.4) is 0 Å². The molecule has 39 heavy (non-hydrogen) atoms. The summed E-state index contributed by atoms with van der Waals surface area (Å²) in [6, 6.07) is 0. The third-order valence-corrected chi connectivity index (χ3v) is 8.50. The van der Waals surface area contributed by atoms with Crippen LogP contribution < -0.4 is 0 Å². The highest BCUT2D eigenvalue weighted by Gasteiger charge is 2.02. The standard InChI is InChI=1S/C37H74O2/c1-3-5-7-9-10-11-12-13-14-15-16-17-18-19-20-21-22-23-24-25-26-27-28-29-30-32-34-36-39-37(38)35-33-31-8-6-4-2/h3-36H2,1-2H3. The van der Waals surface area contributed by atoms with Crippen LogP contribution in [-0.2, 0) is 9.53 Å². The number of carbonyl (C=O) groups excluding carboxylic acids is 1. The average molecular weight is 551 g/mol. The number of ether oxygens (including phenoxy) is 1. The molecule has 0 radical (unpaired) electrons. The minimum absolute atomic E-state index is 0.0151. The summed E-state index contributed by atoms with van der Waals surface area (Å²) < 4.78 is 5.37. The van der Waals surface area contributed by atoms with Crippen molar-refractivity contribution in [3.63, 3.8) is 0 Å². The highest BCUT2D eigenvalue weighted by Crippen LogP contribution is 2.16. The lowest BCUT2D eigenvalue weighted by atomic mass is 10.0. The maximum absolute atomic E-state index is 11.7. The first-order valence-electron chi connectivity index (χ1n) is 18.5. The molecule has 2 nitrogen and oxygen atoms in total. The van der Waals surface area contributed by atoms with Gasteiger partial charge >= 0.3 is 5.97 Å². The molecule has 0 aliphatic rings. The van der Waals surface area contributed by atoms with Crippen molar-refractivity contribution in [2.75, 3.05) is 6.61 Å². The second kappa shape index (κ2) is 35.5. The highest BCUT2D eigenvalue weighted by atomic mass is 16.5. The molecule has 0 bridgehead atoms. The molecule has 0 heterocycles. The van der Waals surface area contributed by atoms with Gasteiger partial charge in [0.15, 0.2) is 0 Å². The third kappa shape index (κ3) is 35.4. The lowest BCUT2D eigenvalue weighted by molar-refractivity contribution is -0.143. The van der Waals surface area contributed by atoms with E-state index >= 15 is 0 Å². The van der Waals surface area contributed by atoms with Gasteiger partial charge in [-0.1, -0.05) is 206 Å². The van der Waals surface area contributed by atoms with Crippen LogP contribution in [0.25, 0.3) is 0 Å². The summed E-state index contributed by atoms with van der Waals surface area (Å²) >= 11 is 0. The number of carbonyl (C=O) groups is 1. The fourth-order valence-corrected chi connectivity index (χ4v) is 5.73. The maximum Gasteiger partial charge on any atom is 0.305 e. The van der Waals surface area contributed by atoms with Gasteiger partial charge in [0.25, 0.3) is 0 Å². The molecule has 0 aromatic heterocycles. The molecule has 0 aromatic rings. The fraction of sp³-hybridized carbons (Fsp3) is 0.973. The van der Waals surface area contributed by atoms with Crippen LogP contribution in [0.4, 0.5) is 0 Å². The van der Waals surface area contributed by atoms with Gasteiger partial charge in [-0.25, -0.2) is 0 Å². The van der Waals surface area contributed by atoms with Crippen molar-refractivity contribution in [3.05, 3.63) is 0 Å². The Morgan fingerprint density at radius 2 is 0.564 bits per heavy atom. The molecule has 0 saturated carbocycles. The van der Waals surface area contributed by atoms with Crippen molar-refractivity contribution >= 4 is 5.97 Å². The van der Waals surface area contributed by atoms with Gasteiger partial charge in [0.2, 0.25) is 0 Å². The van der Waals surface area contributed by atoms with Gasteiger partial charge < -0.3 is 4.74 Å². The molecule has 0 aliphatic heterocycles. The normalized spacial score (nSPS) is 11.3. The van der Waals surface area contributed by atoms with E-state index < -0.39 is 0 Å². The highest BCUT2D eigenvalue weighted by molar-refractivity contribution is 5.69. The zero-order valence-electron chi connectivity index (χ0n) is 27.4. The first-order chi connectivity index (χ1) is 19.3. The molecule has 0 spiro atoms. The lowest BCUT2D eigenvalue weighted by Gasteiger charge is -2.05. The van der Waals surface area contributed by atoms with Crippen LogP contribution in [-0.4, -0.2) is 12.6 Å². The Kier molecular flexibility index (Phi) is 35.0. The van der Waals surface area contributed by atoms with Crippen LogP contribution in [0.1, 0.15) is 226 Å². The van der Waals surface area contributed by atoms with Crippen molar-refractivity contribution in [2.45, 2.75) is 226 Å². The van der Waals surface area contributed by atoms with Crippen molar-refractivity contribution in [1.82, 2.24) is 0 Å². The van der Waals surface area contributed by atoms with Crippen molar-refractivity contribution < 1.29 is 9.53 Å². The smallest absolute Gasteiger partial charge is 0.305 e. The summed E-state index contributed by atoms with van der Waals surface area (Å²) in [5.41, 5.74) is 0. The van der Waals surface area contributed by atoms with Crippen LogP contribution in [0.5, 0.6) is 0 Å². The molecule has 0 unspecified atom stereocenters. The molecule has 0 aromatic carbocycles. The van der Waals surface area contributed by atoms with E-state index in [1.807, 2.05) is 0 Å². The van der Waals surface area contributed by atoms with Gasteiger partial charge in [0.1, 0.15) is 0 Å². The second-order valence-electron chi connectivity index (χ2n) is 12.6. The van der Waals surface area contributed by atoms with E-state index in [0.717, 1.165) is 12.8 Å². The summed E-state index contributed by atoms with van der Waals surface area (Å²) in [6.07, 6.45) is 44.9. The Hall–Kier alpha value is -0.530. The first kappa shape index (κ1) is 38.5. The van der Waals surface area contributed by atoms with Crippen molar-refractivity contribution in [1.29, 1.82) is 0 Å². The molecule has 0 N–H and O–H groups in total. The topological polar surface area (TPSA) is 26.3 Å². The van der Waals surface area contributed by atoms with Gasteiger partial charge in [0.05, 0.1) is 6.61 Å². The van der Waals surface area contributed by atoms with Crippen molar-refractivity contribution in [2.24, 2.45) is 0 Å². The van der Waals surface area contributed by atoms with E-state index in [4.69, 9.17) is 4.74 Å². The molecule has 0 rings (SSSR count). The van der Waals surface area contributed by atoms with E-state index in [1.54, 1.807) is 0 Å². The fourth-order valence-electron chi connectivity index (χ4n) is 5.73. The zero-order valence-corrected chi connectivity index (χ0v) is 27.4. The largest absolute Gasteiger partial charge is 0.466 e. The minimum Gasteiger partial charge on any atom is -0.466 e. The number of unbranched alkanes of at least 4 members (excludes halogenated alkanes) is 30. The molecule has 0 fully saturated rings. The molecule has 0 atom stereocenters. The van der Waals surface area contributed by atoms with Gasteiger partial charge in [-0.2, -0.15) is 0 Å². The lowest BCUT2D eigenvalue weighted by Crippen LogP contribution is -2.05. The number of esters is 1. The van der Waals surface area contributed by atoms with Gasteiger partial charge in [0, 0.05) is 6.42 Å². The molecule has 2 heteroatoms. The monoisotopic (exact) mass is 551 g/mol. The van der Waals surface area contributed by atoms with E-state index in [9.17, 15) is 4.79 Å². The quantitative estimate of drug-likeness (QED) is 0.0588. The predicted octanol–water partition coefficient (Wildman–Crippen LogP) is 13.4. The molecule has 0 aliphatic carbocycles. The molecular weight excluding hydrogens is 476 g/mol. The molecular formula is C37H74O2. The predicted molar refractivity (Wildman–Crippen MR) is 175 cm³/mol. The van der Waals surface area contributed by atoms with Crippen LogP contribution in [0, 0.1) is 0 Å². The SMILES string of the molecule is CCCCCCCCCCCCCCCCCCCCCCCCCCCCCOC(=O)CCCCCCC. The minimum atomic E-state index is 0.0151.